The SMILES string of the molecule is CC(C)C=COC(=O)c1ccccc1. The zero-order valence-electron chi connectivity index (χ0n) is 8.44. The van der Waals surface area contributed by atoms with Crippen LogP contribution in [0.4, 0.5) is 0 Å². The van der Waals surface area contributed by atoms with Crippen molar-refractivity contribution in [3.63, 3.8) is 0 Å². The van der Waals surface area contributed by atoms with Gasteiger partial charge in [-0.15, -0.1) is 0 Å². The molecule has 0 atom stereocenters. The normalized spacial score (nSPS) is 10.8. The molecule has 0 unspecified atom stereocenters. The second-order valence-electron chi connectivity index (χ2n) is 3.34. The fourth-order valence-corrected chi connectivity index (χ4v) is 0.900. The predicted octanol–water partition coefficient (Wildman–Crippen LogP) is 3.01. The van der Waals surface area contributed by atoms with Crippen LogP contribution in [0.5, 0.6) is 0 Å². The van der Waals surface area contributed by atoms with Crippen molar-refractivity contribution in [2.75, 3.05) is 0 Å². The molecule has 0 aliphatic heterocycles. The van der Waals surface area contributed by atoms with Gasteiger partial charge in [-0.25, -0.2) is 4.79 Å². The first-order valence-electron chi connectivity index (χ1n) is 4.63. The lowest BCUT2D eigenvalue weighted by Gasteiger charge is -1.99. The number of rotatable bonds is 3. The summed E-state index contributed by atoms with van der Waals surface area (Å²) >= 11 is 0. The fraction of sp³-hybridized carbons (Fsp3) is 0.250. The van der Waals surface area contributed by atoms with E-state index in [2.05, 4.69) is 0 Å². The minimum Gasteiger partial charge on any atom is -0.431 e. The summed E-state index contributed by atoms with van der Waals surface area (Å²) in [6, 6.07) is 8.93. The highest BCUT2D eigenvalue weighted by atomic mass is 16.5. The average Bonchev–Trinajstić information content (AvgIpc) is 2.18. The van der Waals surface area contributed by atoms with Crippen molar-refractivity contribution in [1.82, 2.24) is 0 Å². The molecule has 1 rings (SSSR count). The van der Waals surface area contributed by atoms with E-state index in [0.717, 1.165) is 0 Å². The molecule has 2 heteroatoms. The highest BCUT2D eigenvalue weighted by Crippen LogP contribution is 2.02. The number of carbonyl (C=O) groups excluding carboxylic acids is 1. The molecule has 14 heavy (non-hydrogen) atoms. The minimum absolute atomic E-state index is 0.317. The van der Waals surface area contributed by atoms with E-state index in [1.165, 1.54) is 6.26 Å². The lowest BCUT2D eigenvalue weighted by atomic mass is 10.2. The summed E-state index contributed by atoms with van der Waals surface area (Å²) in [5.41, 5.74) is 0.570. The van der Waals surface area contributed by atoms with Crippen molar-refractivity contribution < 1.29 is 9.53 Å². The Bertz CT molecular complexity index is 312. The van der Waals surface area contributed by atoms with Crippen LogP contribution in [0.3, 0.4) is 0 Å². The van der Waals surface area contributed by atoms with Gasteiger partial charge in [0, 0.05) is 0 Å². The maximum absolute atomic E-state index is 11.4. The Kier molecular flexibility index (Phi) is 3.92. The van der Waals surface area contributed by atoms with Gasteiger partial charge in [0.2, 0.25) is 0 Å². The summed E-state index contributed by atoms with van der Waals surface area (Å²) in [6.07, 6.45) is 3.28. The van der Waals surface area contributed by atoms with E-state index in [1.54, 1.807) is 12.1 Å². The van der Waals surface area contributed by atoms with Gasteiger partial charge in [-0.1, -0.05) is 32.0 Å². The second-order valence-corrected chi connectivity index (χ2v) is 3.34. The summed E-state index contributed by atoms with van der Waals surface area (Å²) < 4.78 is 4.92. The van der Waals surface area contributed by atoms with E-state index in [9.17, 15) is 4.79 Å². The number of allylic oxidation sites excluding steroid dienone is 1. The van der Waals surface area contributed by atoms with Crippen molar-refractivity contribution in [3.05, 3.63) is 48.2 Å². The Morgan fingerprint density at radius 2 is 1.93 bits per heavy atom. The van der Waals surface area contributed by atoms with Crippen LogP contribution >= 0.6 is 0 Å². The van der Waals surface area contributed by atoms with Gasteiger partial charge in [0.15, 0.2) is 0 Å². The van der Waals surface area contributed by atoms with Gasteiger partial charge in [0.1, 0.15) is 0 Å². The van der Waals surface area contributed by atoms with Gasteiger partial charge in [-0.3, -0.25) is 0 Å². The molecule has 0 saturated heterocycles. The quantitative estimate of drug-likeness (QED) is 0.541. The molecule has 0 aromatic heterocycles. The van der Waals surface area contributed by atoms with Crippen LogP contribution in [0.1, 0.15) is 24.2 Å². The predicted molar refractivity (Wildman–Crippen MR) is 55.8 cm³/mol. The summed E-state index contributed by atoms with van der Waals surface area (Å²) in [6.45, 7) is 4.04. The maximum atomic E-state index is 11.4. The molecule has 2 nitrogen and oxygen atoms in total. The highest BCUT2D eigenvalue weighted by molar-refractivity contribution is 5.89. The number of esters is 1. The van der Waals surface area contributed by atoms with E-state index >= 15 is 0 Å². The summed E-state index contributed by atoms with van der Waals surface area (Å²) in [5, 5.41) is 0. The molecule has 1 aromatic carbocycles. The summed E-state index contributed by atoms with van der Waals surface area (Å²) in [4.78, 5) is 11.4. The van der Waals surface area contributed by atoms with Gasteiger partial charge in [0.25, 0.3) is 0 Å². The molecule has 0 bridgehead atoms. The van der Waals surface area contributed by atoms with Gasteiger partial charge in [0.05, 0.1) is 11.8 Å². The first-order valence-corrected chi connectivity index (χ1v) is 4.63. The molecule has 0 amide bonds. The van der Waals surface area contributed by atoms with Gasteiger partial charge >= 0.3 is 5.97 Å². The molecule has 0 N–H and O–H groups in total. The van der Waals surface area contributed by atoms with Crippen molar-refractivity contribution in [3.8, 4) is 0 Å². The fourth-order valence-electron chi connectivity index (χ4n) is 0.900. The molecule has 74 valence electrons. The molecule has 0 radical (unpaired) electrons. The van der Waals surface area contributed by atoms with Crippen molar-refractivity contribution in [2.24, 2.45) is 5.92 Å². The Balaban J connectivity index is 2.52. The van der Waals surface area contributed by atoms with Crippen LogP contribution in [0.25, 0.3) is 0 Å². The van der Waals surface area contributed by atoms with Crippen LogP contribution in [0, 0.1) is 5.92 Å². The zero-order valence-corrected chi connectivity index (χ0v) is 8.44. The first-order chi connectivity index (χ1) is 6.70. The minimum atomic E-state index is -0.317. The Morgan fingerprint density at radius 1 is 1.29 bits per heavy atom. The molecule has 1 aromatic rings. The van der Waals surface area contributed by atoms with Crippen molar-refractivity contribution in [1.29, 1.82) is 0 Å². The Morgan fingerprint density at radius 3 is 2.50 bits per heavy atom. The van der Waals surface area contributed by atoms with E-state index in [-0.39, 0.29) is 5.97 Å². The lowest BCUT2D eigenvalue weighted by Crippen LogP contribution is -1.99. The average molecular weight is 190 g/mol. The molecule has 0 heterocycles. The first kappa shape index (κ1) is 10.5. The number of benzene rings is 1. The third-order valence-corrected chi connectivity index (χ3v) is 1.65. The summed E-state index contributed by atoms with van der Waals surface area (Å²) in [5.74, 6) is 0.0704. The molecule has 0 spiro atoms. The standard InChI is InChI=1S/C12H14O2/c1-10(2)8-9-14-12(13)11-6-4-3-5-7-11/h3-10H,1-2H3. The van der Waals surface area contributed by atoms with Crippen LogP contribution < -0.4 is 0 Å². The van der Waals surface area contributed by atoms with Gasteiger partial charge in [-0.2, -0.15) is 0 Å². The summed E-state index contributed by atoms with van der Waals surface area (Å²) in [7, 11) is 0. The molecular weight excluding hydrogens is 176 g/mol. The van der Waals surface area contributed by atoms with E-state index in [1.807, 2.05) is 38.1 Å². The number of ether oxygens (including phenoxy) is 1. The lowest BCUT2D eigenvalue weighted by molar-refractivity contribution is 0.0661. The number of hydrogen-bond acceptors (Lipinski definition) is 2. The zero-order chi connectivity index (χ0) is 10.4. The van der Waals surface area contributed by atoms with Crippen molar-refractivity contribution >= 4 is 5.97 Å². The third kappa shape index (κ3) is 3.44. The van der Waals surface area contributed by atoms with Gasteiger partial charge < -0.3 is 4.74 Å². The van der Waals surface area contributed by atoms with Crippen LogP contribution in [0.15, 0.2) is 42.7 Å². The molecule has 0 fully saturated rings. The monoisotopic (exact) mass is 190 g/mol. The van der Waals surface area contributed by atoms with Crippen molar-refractivity contribution in [2.45, 2.75) is 13.8 Å². The van der Waals surface area contributed by atoms with Gasteiger partial charge in [-0.05, 0) is 24.1 Å². The Hall–Kier alpha value is -1.57. The maximum Gasteiger partial charge on any atom is 0.342 e. The van der Waals surface area contributed by atoms with Crippen LogP contribution in [-0.4, -0.2) is 5.97 Å². The second kappa shape index (κ2) is 5.22. The number of carbonyl (C=O) groups is 1. The third-order valence-electron chi connectivity index (χ3n) is 1.65. The molecule has 0 saturated carbocycles. The smallest absolute Gasteiger partial charge is 0.342 e. The Labute approximate surface area is 84.2 Å². The topological polar surface area (TPSA) is 26.3 Å². The molecule has 0 aliphatic rings. The highest BCUT2D eigenvalue weighted by Gasteiger charge is 2.02. The molecular formula is C12H14O2. The largest absolute Gasteiger partial charge is 0.431 e. The van der Waals surface area contributed by atoms with Crippen LogP contribution in [0.2, 0.25) is 0 Å². The van der Waals surface area contributed by atoms with E-state index in [4.69, 9.17) is 4.74 Å². The van der Waals surface area contributed by atoms with E-state index < -0.39 is 0 Å². The van der Waals surface area contributed by atoms with E-state index in [0.29, 0.717) is 11.5 Å². The number of hydrogen-bond donors (Lipinski definition) is 0. The molecule has 0 aliphatic carbocycles. The van der Waals surface area contributed by atoms with Crippen LogP contribution in [-0.2, 0) is 4.74 Å².